The van der Waals surface area contributed by atoms with Crippen LogP contribution in [-0.2, 0) is 0 Å². The molecular formula is C11H7NOS. The Morgan fingerprint density at radius 1 is 1.07 bits per heavy atom. The van der Waals surface area contributed by atoms with Crippen molar-refractivity contribution >= 4 is 34.7 Å². The van der Waals surface area contributed by atoms with Crippen LogP contribution in [0.25, 0.3) is 22.1 Å². The first kappa shape index (κ1) is 7.88. The van der Waals surface area contributed by atoms with Crippen molar-refractivity contribution in [1.82, 2.24) is 4.98 Å². The van der Waals surface area contributed by atoms with Crippen molar-refractivity contribution in [3.63, 3.8) is 0 Å². The monoisotopic (exact) mass is 201 g/mol. The lowest BCUT2D eigenvalue weighted by molar-refractivity contribution is 0.646. The highest BCUT2D eigenvalue weighted by Crippen LogP contribution is 2.30. The maximum atomic E-state index is 5.60. The maximum Gasteiger partial charge on any atom is 0.227 e. The minimum atomic E-state index is 0.670. The minimum absolute atomic E-state index is 0.670. The summed E-state index contributed by atoms with van der Waals surface area (Å²) in [4.78, 5) is 5.01. The Morgan fingerprint density at radius 2 is 1.93 bits per heavy atom. The molecule has 0 radical (unpaired) electrons. The van der Waals surface area contributed by atoms with E-state index < -0.39 is 0 Å². The van der Waals surface area contributed by atoms with Crippen LogP contribution in [0.4, 0.5) is 0 Å². The summed E-state index contributed by atoms with van der Waals surface area (Å²) >= 11 is 4.34. The first-order valence-electron chi connectivity index (χ1n) is 4.31. The van der Waals surface area contributed by atoms with Crippen molar-refractivity contribution < 1.29 is 4.42 Å². The summed E-state index contributed by atoms with van der Waals surface area (Å²) in [5.41, 5.74) is 1.48. The molecule has 0 spiro atoms. The lowest BCUT2D eigenvalue weighted by Crippen LogP contribution is -1.69. The highest BCUT2D eigenvalue weighted by Gasteiger charge is 2.08. The zero-order valence-corrected chi connectivity index (χ0v) is 8.16. The van der Waals surface area contributed by atoms with E-state index in [1.54, 1.807) is 6.20 Å². The number of hydrogen-bond acceptors (Lipinski definition) is 3. The quantitative estimate of drug-likeness (QED) is 0.565. The van der Waals surface area contributed by atoms with Crippen LogP contribution in [0, 0.1) is 0 Å². The second kappa shape index (κ2) is 2.75. The Kier molecular flexibility index (Phi) is 1.55. The Bertz CT molecular complexity index is 615. The molecule has 3 heteroatoms. The average molecular weight is 201 g/mol. The van der Waals surface area contributed by atoms with Crippen molar-refractivity contribution in [1.29, 1.82) is 0 Å². The van der Waals surface area contributed by atoms with Crippen LogP contribution in [0.1, 0.15) is 0 Å². The Morgan fingerprint density at radius 3 is 2.86 bits per heavy atom. The van der Waals surface area contributed by atoms with Gasteiger partial charge in [-0.3, -0.25) is 0 Å². The van der Waals surface area contributed by atoms with E-state index in [0.717, 1.165) is 21.3 Å². The molecule has 0 aliphatic heterocycles. The fourth-order valence-electron chi connectivity index (χ4n) is 1.62. The van der Waals surface area contributed by atoms with E-state index in [0.29, 0.717) is 5.71 Å². The van der Waals surface area contributed by atoms with E-state index >= 15 is 0 Å². The van der Waals surface area contributed by atoms with Gasteiger partial charge in [0, 0.05) is 21.9 Å². The Labute approximate surface area is 86.0 Å². The number of hydrogen-bond donors (Lipinski definition) is 1. The Hall–Kier alpha value is -1.48. The smallest absolute Gasteiger partial charge is 0.227 e. The predicted octanol–water partition coefficient (Wildman–Crippen LogP) is 3.27. The molecule has 3 aromatic rings. The molecule has 2 nitrogen and oxygen atoms in total. The summed E-state index contributed by atoms with van der Waals surface area (Å²) in [6, 6.07) is 9.80. The fraction of sp³-hybridized carbons (Fsp3) is 0. The third-order valence-electron chi connectivity index (χ3n) is 2.25. The van der Waals surface area contributed by atoms with Crippen LogP contribution in [0.15, 0.2) is 45.8 Å². The second-order valence-corrected chi connectivity index (χ2v) is 3.59. The average Bonchev–Trinajstić information content (AvgIpc) is 2.59. The SMILES string of the molecule is Sc1cccc2c1oc1ncccc12. The van der Waals surface area contributed by atoms with E-state index in [-0.39, 0.29) is 0 Å². The first-order valence-corrected chi connectivity index (χ1v) is 4.76. The molecule has 2 aromatic heterocycles. The third kappa shape index (κ3) is 0.960. The molecule has 0 atom stereocenters. The molecule has 0 fully saturated rings. The second-order valence-electron chi connectivity index (χ2n) is 3.11. The number of benzene rings is 1. The fourth-order valence-corrected chi connectivity index (χ4v) is 1.87. The number of para-hydroxylation sites is 1. The van der Waals surface area contributed by atoms with Crippen molar-refractivity contribution in [3.05, 3.63) is 36.5 Å². The van der Waals surface area contributed by atoms with Crippen LogP contribution in [-0.4, -0.2) is 4.98 Å². The predicted molar refractivity (Wildman–Crippen MR) is 58.8 cm³/mol. The van der Waals surface area contributed by atoms with E-state index in [1.165, 1.54) is 0 Å². The van der Waals surface area contributed by atoms with Gasteiger partial charge in [0.15, 0.2) is 5.58 Å². The molecular weight excluding hydrogens is 194 g/mol. The molecule has 0 amide bonds. The van der Waals surface area contributed by atoms with Gasteiger partial charge in [0.05, 0.1) is 0 Å². The molecule has 0 saturated heterocycles. The highest BCUT2D eigenvalue weighted by atomic mass is 32.1. The number of aromatic nitrogens is 1. The van der Waals surface area contributed by atoms with Crippen LogP contribution in [0.3, 0.4) is 0 Å². The van der Waals surface area contributed by atoms with Gasteiger partial charge < -0.3 is 4.42 Å². The van der Waals surface area contributed by atoms with E-state index in [4.69, 9.17) is 4.42 Å². The summed E-state index contributed by atoms with van der Waals surface area (Å²) in [7, 11) is 0. The lowest BCUT2D eigenvalue weighted by atomic mass is 10.2. The summed E-state index contributed by atoms with van der Waals surface area (Å²) in [6.45, 7) is 0. The number of fused-ring (bicyclic) bond motifs is 3. The molecule has 3 rings (SSSR count). The number of thiol groups is 1. The molecule has 0 aliphatic rings. The molecule has 0 saturated carbocycles. The molecule has 14 heavy (non-hydrogen) atoms. The zero-order valence-electron chi connectivity index (χ0n) is 7.27. The van der Waals surface area contributed by atoms with Gasteiger partial charge in [0.2, 0.25) is 5.71 Å². The summed E-state index contributed by atoms with van der Waals surface area (Å²) < 4.78 is 5.60. The highest BCUT2D eigenvalue weighted by molar-refractivity contribution is 7.80. The Balaban J connectivity index is 2.63. The normalized spacial score (nSPS) is 11.2. The van der Waals surface area contributed by atoms with Gasteiger partial charge in [-0.2, -0.15) is 0 Å². The van der Waals surface area contributed by atoms with Crippen molar-refractivity contribution in [2.75, 3.05) is 0 Å². The van der Waals surface area contributed by atoms with Crippen LogP contribution in [0.5, 0.6) is 0 Å². The number of rotatable bonds is 0. The summed E-state index contributed by atoms with van der Waals surface area (Å²) in [5.74, 6) is 0. The van der Waals surface area contributed by atoms with Gasteiger partial charge in [-0.05, 0) is 18.2 Å². The molecule has 0 aliphatic carbocycles. The number of pyridine rings is 1. The van der Waals surface area contributed by atoms with E-state index in [9.17, 15) is 0 Å². The minimum Gasteiger partial charge on any atom is -0.437 e. The zero-order chi connectivity index (χ0) is 9.54. The van der Waals surface area contributed by atoms with Crippen LogP contribution < -0.4 is 0 Å². The van der Waals surface area contributed by atoms with Gasteiger partial charge in [-0.15, -0.1) is 12.6 Å². The number of nitrogens with zero attached hydrogens (tertiary/aromatic N) is 1. The van der Waals surface area contributed by atoms with Gasteiger partial charge in [-0.1, -0.05) is 12.1 Å². The van der Waals surface area contributed by atoms with Gasteiger partial charge >= 0.3 is 0 Å². The van der Waals surface area contributed by atoms with Crippen LogP contribution >= 0.6 is 12.6 Å². The largest absolute Gasteiger partial charge is 0.437 e. The van der Waals surface area contributed by atoms with Crippen LogP contribution in [0.2, 0.25) is 0 Å². The standard InChI is InChI=1S/C11H7NOS/c14-9-5-1-3-7-8-4-2-6-12-11(8)13-10(7)9/h1-6,14H. The van der Waals surface area contributed by atoms with Crippen molar-refractivity contribution in [3.8, 4) is 0 Å². The molecule has 0 N–H and O–H groups in total. The molecule has 0 bridgehead atoms. The first-order chi connectivity index (χ1) is 6.86. The van der Waals surface area contributed by atoms with Crippen molar-refractivity contribution in [2.45, 2.75) is 4.90 Å². The summed E-state index contributed by atoms with van der Waals surface area (Å²) in [5, 5.41) is 2.11. The molecule has 1 aromatic carbocycles. The molecule has 0 unspecified atom stereocenters. The maximum absolute atomic E-state index is 5.60. The third-order valence-corrected chi connectivity index (χ3v) is 2.61. The lowest BCUT2D eigenvalue weighted by Gasteiger charge is -1.90. The van der Waals surface area contributed by atoms with Crippen molar-refractivity contribution in [2.24, 2.45) is 0 Å². The van der Waals surface area contributed by atoms with E-state index in [1.807, 2.05) is 30.3 Å². The molecule has 2 heterocycles. The number of furan rings is 1. The van der Waals surface area contributed by atoms with Gasteiger partial charge in [-0.25, -0.2) is 4.98 Å². The van der Waals surface area contributed by atoms with E-state index in [2.05, 4.69) is 17.6 Å². The van der Waals surface area contributed by atoms with Gasteiger partial charge in [0.1, 0.15) is 0 Å². The van der Waals surface area contributed by atoms with Gasteiger partial charge in [0.25, 0.3) is 0 Å². The summed E-state index contributed by atoms with van der Waals surface area (Å²) in [6.07, 6.45) is 1.73. The molecule has 68 valence electrons. The topological polar surface area (TPSA) is 26.0 Å².